The first kappa shape index (κ1) is 21.4. The number of halogens is 1. The maximum Gasteiger partial charge on any atom is 0.313 e. The number of nitrogens with zero attached hydrogens (tertiary/aromatic N) is 1. The van der Waals surface area contributed by atoms with Crippen molar-refractivity contribution in [1.82, 2.24) is 5.32 Å². The Labute approximate surface area is 172 Å². The molecule has 2 amide bonds. The zero-order valence-electron chi connectivity index (χ0n) is 16.4. The van der Waals surface area contributed by atoms with Crippen molar-refractivity contribution in [3.8, 4) is 0 Å². The number of nitro groups is 1. The Morgan fingerprint density at radius 1 is 1.13 bits per heavy atom. The lowest BCUT2D eigenvalue weighted by Gasteiger charge is -2.37. The Balaban J connectivity index is 1.70. The van der Waals surface area contributed by atoms with E-state index in [0.29, 0.717) is 31.6 Å². The van der Waals surface area contributed by atoms with Crippen molar-refractivity contribution in [3.63, 3.8) is 0 Å². The third-order valence-electron chi connectivity index (χ3n) is 5.38. The Kier molecular flexibility index (Phi) is 6.41. The van der Waals surface area contributed by atoms with Crippen LogP contribution in [0.4, 0.5) is 15.8 Å². The first-order chi connectivity index (χ1) is 14.3. The van der Waals surface area contributed by atoms with E-state index in [-0.39, 0.29) is 23.7 Å². The van der Waals surface area contributed by atoms with E-state index in [4.69, 9.17) is 4.74 Å². The predicted octanol–water partition coefficient (Wildman–Crippen LogP) is 2.85. The van der Waals surface area contributed by atoms with Crippen molar-refractivity contribution in [3.05, 3.63) is 69.5 Å². The van der Waals surface area contributed by atoms with Gasteiger partial charge in [-0.15, -0.1) is 0 Å². The highest BCUT2D eigenvalue weighted by Gasteiger charge is 2.35. The summed E-state index contributed by atoms with van der Waals surface area (Å²) in [5.74, 6) is -2.12. The average molecular weight is 415 g/mol. The lowest BCUT2D eigenvalue weighted by atomic mass is 9.74. The minimum absolute atomic E-state index is 0.183. The number of rotatable bonds is 5. The average Bonchev–Trinajstić information content (AvgIpc) is 2.74. The Hall–Kier alpha value is -3.33. The van der Waals surface area contributed by atoms with Gasteiger partial charge in [0.1, 0.15) is 5.82 Å². The van der Waals surface area contributed by atoms with Crippen LogP contribution in [0.5, 0.6) is 0 Å². The summed E-state index contributed by atoms with van der Waals surface area (Å²) in [6.45, 7) is 2.84. The molecule has 0 aromatic heterocycles. The minimum atomic E-state index is -0.917. The maximum absolute atomic E-state index is 13.3. The number of carbonyl (C=O) groups is 2. The fourth-order valence-electron chi connectivity index (χ4n) is 3.50. The number of ether oxygens (including phenoxy) is 1. The molecule has 0 bridgehead atoms. The van der Waals surface area contributed by atoms with Crippen molar-refractivity contribution < 1.29 is 23.6 Å². The molecule has 30 heavy (non-hydrogen) atoms. The number of hydrogen-bond acceptors (Lipinski definition) is 5. The zero-order valence-corrected chi connectivity index (χ0v) is 16.4. The van der Waals surface area contributed by atoms with Gasteiger partial charge in [-0.25, -0.2) is 4.39 Å². The van der Waals surface area contributed by atoms with Crippen LogP contribution in [0.2, 0.25) is 0 Å². The molecule has 0 atom stereocenters. The van der Waals surface area contributed by atoms with Gasteiger partial charge in [0.05, 0.1) is 10.6 Å². The lowest BCUT2D eigenvalue weighted by molar-refractivity contribution is -0.384. The summed E-state index contributed by atoms with van der Waals surface area (Å²) in [5, 5.41) is 16.0. The molecule has 8 nitrogen and oxygen atoms in total. The Bertz CT molecular complexity index is 956. The molecule has 1 saturated heterocycles. The molecular formula is C21H22FN3O5. The van der Waals surface area contributed by atoms with Gasteiger partial charge in [0, 0.05) is 37.3 Å². The zero-order chi connectivity index (χ0) is 21.7. The number of benzene rings is 2. The molecular weight excluding hydrogens is 393 g/mol. The van der Waals surface area contributed by atoms with Gasteiger partial charge in [0.25, 0.3) is 5.69 Å². The smallest absolute Gasteiger partial charge is 0.313 e. The third-order valence-corrected chi connectivity index (χ3v) is 5.38. The number of hydrogen-bond donors (Lipinski definition) is 2. The quantitative estimate of drug-likeness (QED) is 0.443. The molecule has 1 heterocycles. The molecule has 2 N–H and O–H groups in total. The monoisotopic (exact) mass is 415 g/mol. The number of carbonyl (C=O) groups excluding carboxylic acids is 2. The van der Waals surface area contributed by atoms with Gasteiger partial charge in [0.15, 0.2) is 0 Å². The lowest BCUT2D eigenvalue weighted by Crippen LogP contribution is -2.47. The van der Waals surface area contributed by atoms with Crippen molar-refractivity contribution >= 4 is 23.2 Å². The molecule has 0 spiro atoms. The van der Waals surface area contributed by atoms with E-state index in [0.717, 1.165) is 5.56 Å². The summed E-state index contributed by atoms with van der Waals surface area (Å²) >= 11 is 0. The van der Waals surface area contributed by atoms with Crippen LogP contribution >= 0.6 is 0 Å². The molecule has 0 unspecified atom stereocenters. The highest BCUT2D eigenvalue weighted by Crippen LogP contribution is 2.34. The first-order valence-electron chi connectivity index (χ1n) is 9.49. The summed E-state index contributed by atoms with van der Waals surface area (Å²) in [5.41, 5.74) is 0.998. The van der Waals surface area contributed by atoms with Crippen LogP contribution in [-0.4, -0.2) is 36.5 Å². The van der Waals surface area contributed by atoms with Crippen LogP contribution in [0.15, 0.2) is 42.5 Å². The number of anilines is 1. The summed E-state index contributed by atoms with van der Waals surface area (Å²) in [4.78, 5) is 35.1. The standard InChI is InChI=1S/C21H22FN3O5/c1-14-2-7-17(25(28)29)12-18(14)24-20(27)19(26)23-13-21(8-10-30-11-9-21)15-3-5-16(22)6-4-15/h2-7,12H,8-11,13H2,1H3,(H,23,26)(H,24,27). The minimum Gasteiger partial charge on any atom is -0.381 e. The van der Waals surface area contributed by atoms with E-state index in [1.54, 1.807) is 19.1 Å². The second kappa shape index (κ2) is 9.00. The molecule has 0 aliphatic carbocycles. The summed E-state index contributed by atoms with van der Waals surface area (Å²) in [6.07, 6.45) is 1.23. The second-order valence-corrected chi connectivity index (χ2v) is 7.29. The number of amides is 2. The topological polar surface area (TPSA) is 111 Å². The first-order valence-corrected chi connectivity index (χ1v) is 9.49. The van der Waals surface area contributed by atoms with E-state index >= 15 is 0 Å². The summed E-state index contributed by atoms with van der Waals surface area (Å²) < 4.78 is 18.8. The second-order valence-electron chi connectivity index (χ2n) is 7.29. The number of nitrogens with one attached hydrogen (secondary N) is 2. The van der Waals surface area contributed by atoms with Gasteiger partial charge < -0.3 is 15.4 Å². The summed E-state index contributed by atoms with van der Waals surface area (Å²) in [7, 11) is 0. The fourth-order valence-corrected chi connectivity index (χ4v) is 3.50. The Morgan fingerprint density at radius 2 is 1.80 bits per heavy atom. The van der Waals surface area contributed by atoms with Crippen LogP contribution in [0.25, 0.3) is 0 Å². The molecule has 1 fully saturated rings. The van der Waals surface area contributed by atoms with Crippen LogP contribution in [-0.2, 0) is 19.7 Å². The third kappa shape index (κ3) is 4.80. The predicted molar refractivity (Wildman–Crippen MR) is 108 cm³/mol. The van der Waals surface area contributed by atoms with Crippen LogP contribution < -0.4 is 10.6 Å². The highest BCUT2D eigenvalue weighted by molar-refractivity contribution is 6.39. The Morgan fingerprint density at radius 3 is 2.43 bits per heavy atom. The van der Waals surface area contributed by atoms with E-state index in [9.17, 15) is 24.1 Å². The van der Waals surface area contributed by atoms with Gasteiger partial charge in [-0.05, 0) is 43.0 Å². The molecule has 2 aromatic rings. The molecule has 1 aliphatic rings. The van der Waals surface area contributed by atoms with Gasteiger partial charge in [-0.3, -0.25) is 19.7 Å². The number of aryl methyl sites for hydroxylation is 1. The molecule has 2 aromatic carbocycles. The molecule has 158 valence electrons. The van der Waals surface area contributed by atoms with Crippen molar-refractivity contribution in [2.75, 3.05) is 25.1 Å². The molecule has 1 aliphatic heterocycles. The largest absolute Gasteiger partial charge is 0.381 e. The van der Waals surface area contributed by atoms with Crippen molar-refractivity contribution in [2.24, 2.45) is 0 Å². The number of non-ortho nitro benzene ring substituents is 1. The molecule has 0 radical (unpaired) electrons. The van der Waals surface area contributed by atoms with Crippen molar-refractivity contribution in [1.29, 1.82) is 0 Å². The van der Waals surface area contributed by atoms with E-state index in [1.165, 1.54) is 30.3 Å². The van der Waals surface area contributed by atoms with Gasteiger partial charge in [0.2, 0.25) is 0 Å². The van der Waals surface area contributed by atoms with Gasteiger partial charge in [-0.2, -0.15) is 0 Å². The van der Waals surface area contributed by atoms with E-state index in [2.05, 4.69) is 10.6 Å². The van der Waals surface area contributed by atoms with E-state index < -0.39 is 22.2 Å². The molecule has 3 rings (SSSR count). The molecule has 9 heteroatoms. The maximum atomic E-state index is 13.3. The number of nitro benzene ring substituents is 1. The van der Waals surface area contributed by atoms with Crippen molar-refractivity contribution in [2.45, 2.75) is 25.2 Å². The normalized spacial score (nSPS) is 15.3. The highest BCUT2D eigenvalue weighted by atomic mass is 19.1. The van der Waals surface area contributed by atoms with Gasteiger partial charge in [-0.1, -0.05) is 18.2 Å². The van der Waals surface area contributed by atoms with Crippen LogP contribution in [0.1, 0.15) is 24.0 Å². The molecule has 0 saturated carbocycles. The SMILES string of the molecule is Cc1ccc([N+](=O)[O-])cc1NC(=O)C(=O)NCC1(c2ccc(F)cc2)CCOCC1. The fraction of sp³-hybridized carbons (Fsp3) is 0.333. The van der Waals surface area contributed by atoms with Gasteiger partial charge >= 0.3 is 11.8 Å². The summed E-state index contributed by atoms with van der Waals surface area (Å²) in [6, 6.07) is 10.1. The van der Waals surface area contributed by atoms with Crippen LogP contribution in [0.3, 0.4) is 0 Å². The van der Waals surface area contributed by atoms with Crippen LogP contribution in [0, 0.1) is 22.9 Å². The van der Waals surface area contributed by atoms with E-state index in [1.807, 2.05) is 0 Å².